The van der Waals surface area contributed by atoms with E-state index >= 15 is 0 Å². The molecule has 2 aromatic rings. The lowest BCUT2D eigenvalue weighted by Crippen LogP contribution is -2.26. The van der Waals surface area contributed by atoms with Gasteiger partial charge in [0.25, 0.3) is 0 Å². The summed E-state index contributed by atoms with van der Waals surface area (Å²) in [6, 6.07) is 8.11. The van der Waals surface area contributed by atoms with E-state index in [1.165, 1.54) is 23.5 Å². The Morgan fingerprint density at radius 3 is 2.62 bits per heavy atom. The van der Waals surface area contributed by atoms with Crippen LogP contribution in [0.2, 0.25) is 0 Å². The van der Waals surface area contributed by atoms with Crippen molar-refractivity contribution in [2.45, 2.75) is 31.4 Å². The van der Waals surface area contributed by atoms with E-state index in [-0.39, 0.29) is 11.4 Å². The van der Waals surface area contributed by atoms with E-state index in [1.54, 1.807) is 38.3 Å². The van der Waals surface area contributed by atoms with Gasteiger partial charge in [-0.2, -0.15) is 4.31 Å². The van der Waals surface area contributed by atoms with E-state index in [9.17, 15) is 13.5 Å². The summed E-state index contributed by atoms with van der Waals surface area (Å²) in [5, 5.41) is 9.58. The van der Waals surface area contributed by atoms with Crippen molar-refractivity contribution in [1.82, 2.24) is 4.31 Å². The second-order valence-electron chi connectivity index (χ2n) is 5.01. The van der Waals surface area contributed by atoms with Crippen LogP contribution in [0.25, 0.3) is 0 Å². The van der Waals surface area contributed by atoms with Crippen LogP contribution in [0.3, 0.4) is 0 Å². The van der Waals surface area contributed by atoms with Gasteiger partial charge in [0.1, 0.15) is 5.76 Å². The summed E-state index contributed by atoms with van der Waals surface area (Å²) in [5.41, 5.74) is 1.40. The van der Waals surface area contributed by atoms with Crippen molar-refractivity contribution in [1.29, 1.82) is 0 Å². The molecule has 0 radical (unpaired) electrons. The smallest absolute Gasteiger partial charge is 0.243 e. The summed E-state index contributed by atoms with van der Waals surface area (Å²) in [5.74, 6) is 0.704. The minimum atomic E-state index is -3.61. The molecule has 1 heterocycles. The number of sulfonamides is 1. The number of rotatable bonds is 5. The number of benzene rings is 1. The Kier molecular flexibility index (Phi) is 4.51. The molecular formula is C15H19NO4S. The van der Waals surface area contributed by atoms with Crippen molar-refractivity contribution in [3.8, 4) is 0 Å². The average molecular weight is 309 g/mol. The van der Waals surface area contributed by atoms with Gasteiger partial charge in [-0.25, -0.2) is 8.42 Å². The van der Waals surface area contributed by atoms with E-state index in [1.807, 2.05) is 0 Å². The van der Waals surface area contributed by atoms with E-state index in [2.05, 4.69) is 0 Å². The molecule has 114 valence electrons. The van der Waals surface area contributed by atoms with Crippen molar-refractivity contribution in [2.75, 3.05) is 7.05 Å². The van der Waals surface area contributed by atoms with Crippen LogP contribution in [0.1, 0.15) is 29.9 Å². The van der Waals surface area contributed by atoms with E-state index in [4.69, 9.17) is 4.42 Å². The zero-order valence-corrected chi connectivity index (χ0v) is 13.1. The third-order valence-electron chi connectivity index (χ3n) is 3.41. The molecule has 2 rings (SSSR count). The average Bonchev–Trinajstić information content (AvgIpc) is 2.84. The molecule has 1 atom stereocenters. The molecule has 0 bridgehead atoms. The lowest BCUT2D eigenvalue weighted by Gasteiger charge is -2.17. The van der Waals surface area contributed by atoms with Crippen LogP contribution in [0.5, 0.6) is 0 Å². The molecule has 21 heavy (non-hydrogen) atoms. The first-order valence-corrected chi connectivity index (χ1v) is 8.03. The maximum Gasteiger partial charge on any atom is 0.243 e. The zero-order chi connectivity index (χ0) is 15.6. The molecule has 1 aromatic heterocycles. The fourth-order valence-corrected chi connectivity index (χ4v) is 3.22. The Balaban J connectivity index is 2.29. The van der Waals surface area contributed by atoms with Crippen LogP contribution in [-0.4, -0.2) is 24.9 Å². The molecule has 0 saturated heterocycles. The van der Waals surface area contributed by atoms with Gasteiger partial charge in [0.15, 0.2) is 0 Å². The highest BCUT2D eigenvalue weighted by molar-refractivity contribution is 7.89. The number of aryl methyl sites for hydroxylation is 1. The Morgan fingerprint density at radius 1 is 1.33 bits per heavy atom. The first-order valence-electron chi connectivity index (χ1n) is 6.59. The van der Waals surface area contributed by atoms with Gasteiger partial charge < -0.3 is 9.52 Å². The molecule has 5 nitrogen and oxygen atoms in total. The SMILES string of the molecule is Cc1occc1CN(C)S(=O)(=O)c1cccc(C(C)O)c1. The van der Waals surface area contributed by atoms with Crippen molar-refractivity contribution in [3.05, 3.63) is 53.5 Å². The standard InChI is InChI=1S/C15H19NO4S/c1-11(17)13-5-4-6-15(9-13)21(18,19)16(3)10-14-7-8-20-12(14)2/h4-9,11,17H,10H2,1-3H3. The fourth-order valence-electron chi connectivity index (χ4n) is 2.01. The quantitative estimate of drug-likeness (QED) is 0.921. The summed E-state index contributed by atoms with van der Waals surface area (Å²) >= 11 is 0. The molecule has 0 aliphatic rings. The summed E-state index contributed by atoms with van der Waals surface area (Å²) < 4.78 is 31.6. The van der Waals surface area contributed by atoms with Crippen LogP contribution in [0.15, 0.2) is 45.9 Å². The van der Waals surface area contributed by atoms with Crippen LogP contribution < -0.4 is 0 Å². The van der Waals surface area contributed by atoms with Crippen LogP contribution in [0.4, 0.5) is 0 Å². The van der Waals surface area contributed by atoms with E-state index in [0.717, 1.165) is 5.56 Å². The van der Waals surface area contributed by atoms with Gasteiger partial charge in [0, 0.05) is 19.2 Å². The molecule has 0 fully saturated rings. The highest BCUT2D eigenvalue weighted by atomic mass is 32.2. The summed E-state index contributed by atoms with van der Waals surface area (Å²) in [7, 11) is -2.08. The third-order valence-corrected chi connectivity index (χ3v) is 5.21. The molecule has 6 heteroatoms. The summed E-state index contributed by atoms with van der Waals surface area (Å²) in [6.45, 7) is 3.64. The highest BCUT2D eigenvalue weighted by Crippen LogP contribution is 2.22. The number of hydrogen-bond acceptors (Lipinski definition) is 4. The normalized spacial score (nSPS) is 13.6. The second kappa shape index (κ2) is 6.01. The lowest BCUT2D eigenvalue weighted by atomic mass is 10.1. The molecule has 1 N–H and O–H groups in total. The predicted octanol–water partition coefficient (Wildman–Crippen LogP) is 2.46. The molecule has 0 aliphatic carbocycles. The summed E-state index contributed by atoms with van der Waals surface area (Å²) in [4.78, 5) is 0.171. The number of furan rings is 1. The molecule has 0 amide bonds. The van der Waals surface area contributed by atoms with Gasteiger partial charge in [-0.3, -0.25) is 0 Å². The number of aliphatic hydroxyl groups excluding tert-OH is 1. The van der Waals surface area contributed by atoms with Gasteiger partial charge in [0.05, 0.1) is 17.3 Å². The number of nitrogens with zero attached hydrogens (tertiary/aromatic N) is 1. The Hall–Kier alpha value is -1.63. The van der Waals surface area contributed by atoms with Crippen molar-refractivity contribution in [3.63, 3.8) is 0 Å². The van der Waals surface area contributed by atoms with Crippen LogP contribution in [-0.2, 0) is 16.6 Å². The third kappa shape index (κ3) is 3.34. The fraction of sp³-hybridized carbons (Fsp3) is 0.333. The Morgan fingerprint density at radius 2 is 2.05 bits per heavy atom. The van der Waals surface area contributed by atoms with Crippen molar-refractivity contribution in [2.24, 2.45) is 0 Å². The predicted molar refractivity (Wildman–Crippen MR) is 79.2 cm³/mol. The van der Waals surface area contributed by atoms with E-state index in [0.29, 0.717) is 11.3 Å². The van der Waals surface area contributed by atoms with Gasteiger partial charge in [0.2, 0.25) is 10.0 Å². The molecular weight excluding hydrogens is 290 g/mol. The second-order valence-corrected chi connectivity index (χ2v) is 7.06. The molecule has 0 saturated carbocycles. The molecule has 1 aromatic carbocycles. The van der Waals surface area contributed by atoms with Gasteiger partial charge >= 0.3 is 0 Å². The highest BCUT2D eigenvalue weighted by Gasteiger charge is 2.22. The van der Waals surface area contributed by atoms with Crippen molar-refractivity contribution >= 4 is 10.0 Å². The van der Waals surface area contributed by atoms with Gasteiger partial charge in [-0.15, -0.1) is 0 Å². The lowest BCUT2D eigenvalue weighted by molar-refractivity contribution is 0.199. The number of hydrogen-bond donors (Lipinski definition) is 1. The maximum absolute atomic E-state index is 12.6. The Labute approximate surface area is 124 Å². The first kappa shape index (κ1) is 15.8. The number of aliphatic hydroxyl groups is 1. The van der Waals surface area contributed by atoms with Gasteiger partial charge in [-0.1, -0.05) is 12.1 Å². The summed E-state index contributed by atoms with van der Waals surface area (Å²) in [6.07, 6.45) is 0.834. The topological polar surface area (TPSA) is 70.8 Å². The molecule has 0 spiro atoms. The monoisotopic (exact) mass is 309 g/mol. The minimum Gasteiger partial charge on any atom is -0.469 e. The largest absolute Gasteiger partial charge is 0.469 e. The first-order chi connectivity index (χ1) is 9.82. The molecule has 1 unspecified atom stereocenters. The van der Waals surface area contributed by atoms with Crippen LogP contribution >= 0.6 is 0 Å². The maximum atomic E-state index is 12.6. The van der Waals surface area contributed by atoms with Gasteiger partial charge in [-0.05, 0) is 37.6 Å². The Bertz CT molecular complexity index is 719. The van der Waals surface area contributed by atoms with E-state index < -0.39 is 16.1 Å². The van der Waals surface area contributed by atoms with Crippen molar-refractivity contribution < 1.29 is 17.9 Å². The van der Waals surface area contributed by atoms with Crippen LogP contribution in [0, 0.1) is 6.92 Å². The zero-order valence-electron chi connectivity index (χ0n) is 12.3. The minimum absolute atomic E-state index is 0.171. The molecule has 0 aliphatic heterocycles.